The van der Waals surface area contributed by atoms with E-state index in [2.05, 4.69) is 39.8 Å². The average Bonchev–Trinajstić information content (AvgIpc) is 3.00. The number of guanidine groups is 1. The van der Waals surface area contributed by atoms with Crippen LogP contribution in [0.1, 0.15) is 42.3 Å². The molecular formula is C21H32N4O2. The summed E-state index contributed by atoms with van der Waals surface area (Å²) in [6, 6.07) is 8.28. The van der Waals surface area contributed by atoms with Gasteiger partial charge in [-0.15, -0.1) is 0 Å². The van der Waals surface area contributed by atoms with Gasteiger partial charge in [0.25, 0.3) is 0 Å². The topological polar surface area (TPSA) is 71.7 Å². The minimum absolute atomic E-state index is 0.806. The third-order valence-corrected chi connectivity index (χ3v) is 4.50. The van der Waals surface area contributed by atoms with Gasteiger partial charge >= 0.3 is 0 Å². The van der Waals surface area contributed by atoms with E-state index >= 15 is 0 Å². The molecule has 0 unspecified atom stereocenters. The fraction of sp³-hybridized carbons (Fsp3) is 0.524. The van der Waals surface area contributed by atoms with Crippen molar-refractivity contribution in [1.82, 2.24) is 15.8 Å². The summed E-state index contributed by atoms with van der Waals surface area (Å²) in [6.07, 6.45) is 4.12. The van der Waals surface area contributed by atoms with Gasteiger partial charge in [0.1, 0.15) is 11.5 Å². The number of methoxy groups -OCH3 is 1. The predicted molar refractivity (Wildman–Crippen MR) is 110 cm³/mol. The van der Waals surface area contributed by atoms with Gasteiger partial charge in [0.15, 0.2) is 5.96 Å². The van der Waals surface area contributed by atoms with Crippen molar-refractivity contribution >= 4 is 5.96 Å². The van der Waals surface area contributed by atoms with Gasteiger partial charge in [0, 0.05) is 25.2 Å². The van der Waals surface area contributed by atoms with E-state index in [1.807, 2.05) is 26.0 Å². The molecular weight excluding hydrogens is 340 g/mol. The molecule has 0 spiro atoms. The van der Waals surface area contributed by atoms with Gasteiger partial charge in [0.2, 0.25) is 0 Å². The van der Waals surface area contributed by atoms with Crippen molar-refractivity contribution in [2.75, 3.05) is 26.7 Å². The van der Waals surface area contributed by atoms with Crippen LogP contribution in [0.4, 0.5) is 0 Å². The van der Waals surface area contributed by atoms with Gasteiger partial charge < -0.3 is 19.9 Å². The second-order valence-electron chi connectivity index (χ2n) is 6.55. The van der Waals surface area contributed by atoms with Crippen molar-refractivity contribution in [3.05, 3.63) is 46.8 Å². The van der Waals surface area contributed by atoms with Crippen LogP contribution in [0.2, 0.25) is 0 Å². The SMILES string of the molecule is CCNC(=NCCCCc1ccc(OC)cc1)NCCc1c(C)noc1C. The summed E-state index contributed by atoms with van der Waals surface area (Å²) < 4.78 is 10.4. The molecule has 0 atom stereocenters. The lowest BCUT2D eigenvalue weighted by molar-refractivity contribution is 0.392. The fourth-order valence-corrected chi connectivity index (χ4v) is 2.93. The van der Waals surface area contributed by atoms with Crippen molar-refractivity contribution in [3.8, 4) is 5.75 Å². The third-order valence-electron chi connectivity index (χ3n) is 4.50. The molecule has 2 aromatic rings. The zero-order chi connectivity index (χ0) is 19.5. The molecule has 0 radical (unpaired) electrons. The van der Waals surface area contributed by atoms with E-state index < -0.39 is 0 Å². The molecule has 1 heterocycles. The first kappa shape index (κ1) is 20.8. The monoisotopic (exact) mass is 372 g/mol. The number of hydrogen-bond acceptors (Lipinski definition) is 4. The van der Waals surface area contributed by atoms with Crippen LogP contribution in [0.25, 0.3) is 0 Å². The highest BCUT2D eigenvalue weighted by Crippen LogP contribution is 2.13. The van der Waals surface area contributed by atoms with E-state index in [0.717, 1.165) is 68.5 Å². The van der Waals surface area contributed by atoms with Crippen LogP contribution in [0.15, 0.2) is 33.8 Å². The van der Waals surface area contributed by atoms with Crippen LogP contribution in [0, 0.1) is 13.8 Å². The molecule has 2 rings (SSSR count). The minimum atomic E-state index is 0.806. The van der Waals surface area contributed by atoms with E-state index in [1.165, 1.54) is 11.1 Å². The number of aryl methyl sites for hydroxylation is 3. The lowest BCUT2D eigenvalue weighted by Crippen LogP contribution is -2.38. The Bertz CT molecular complexity index is 688. The number of aromatic nitrogens is 1. The first-order chi connectivity index (χ1) is 13.1. The van der Waals surface area contributed by atoms with Crippen molar-refractivity contribution in [2.45, 2.75) is 46.5 Å². The Kier molecular flexibility index (Phi) is 8.68. The van der Waals surface area contributed by atoms with Gasteiger partial charge in [0.05, 0.1) is 12.8 Å². The smallest absolute Gasteiger partial charge is 0.191 e. The summed E-state index contributed by atoms with van der Waals surface area (Å²) in [5, 5.41) is 10.7. The molecule has 1 aromatic carbocycles. The van der Waals surface area contributed by atoms with E-state index in [0.29, 0.717) is 0 Å². The van der Waals surface area contributed by atoms with Gasteiger partial charge in [-0.1, -0.05) is 17.3 Å². The number of rotatable bonds is 10. The summed E-state index contributed by atoms with van der Waals surface area (Å²) >= 11 is 0. The summed E-state index contributed by atoms with van der Waals surface area (Å²) in [6.45, 7) is 8.49. The first-order valence-corrected chi connectivity index (χ1v) is 9.71. The van der Waals surface area contributed by atoms with Gasteiger partial charge in [-0.2, -0.15) is 0 Å². The predicted octanol–water partition coefficient (Wildman–Crippen LogP) is 3.42. The maximum atomic E-state index is 5.21. The standard InChI is InChI=1S/C21H32N4O2/c1-5-22-21(24-15-13-20-16(2)25-27-17(20)3)23-14-7-6-8-18-9-11-19(26-4)12-10-18/h9-12H,5-8,13-15H2,1-4H3,(H2,22,23,24). The van der Waals surface area contributed by atoms with Crippen molar-refractivity contribution < 1.29 is 9.26 Å². The Morgan fingerprint density at radius 3 is 2.52 bits per heavy atom. The molecule has 0 amide bonds. The largest absolute Gasteiger partial charge is 0.497 e. The van der Waals surface area contributed by atoms with Crippen LogP contribution >= 0.6 is 0 Å². The van der Waals surface area contributed by atoms with Gasteiger partial charge in [-0.05, 0) is 64.2 Å². The zero-order valence-electron chi connectivity index (χ0n) is 17.0. The maximum Gasteiger partial charge on any atom is 0.191 e. The van der Waals surface area contributed by atoms with Crippen LogP contribution in [0.5, 0.6) is 5.75 Å². The lowest BCUT2D eigenvalue weighted by Gasteiger charge is -2.11. The Morgan fingerprint density at radius 2 is 1.89 bits per heavy atom. The molecule has 0 bridgehead atoms. The normalized spacial score (nSPS) is 11.5. The van der Waals surface area contributed by atoms with Gasteiger partial charge in [-0.3, -0.25) is 4.99 Å². The third kappa shape index (κ3) is 6.96. The highest BCUT2D eigenvalue weighted by Gasteiger charge is 2.08. The fourth-order valence-electron chi connectivity index (χ4n) is 2.93. The quantitative estimate of drug-likeness (QED) is 0.380. The van der Waals surface area contributed by atoms with E-state index in [9.17, 15) is 0 Å². The number of nitrogens with one attached hydrogen (secondary N) is 2. The van der Waals surface area contributed by atoms with E-state index in [1.54, 1.807) is 7.11 Å². The Balaban J connectivity index is 1.70. The van der Waals surface area contributed by atoms with E-state index in [4.69, 9.17) is 9.26 Å². The highest BCUT2D eigenvalue weighted by molar-refractivity contribution is 5.79. The minimum Gasteiger partial charge on any atom is -0.497 e. The van der Waals surface area contributed by atoms with Crippen molar-refractivity contribution in [3.63, 3.8) is 0 Å². The molecule has 0 saturated heterocycles. The van der Waals surface area contributed by atoms with Crippen molar-refractivity contribution in [1.29, 1.82) is 0 Å². The zero-order valence-corrected chi connectivity index (χ0v) is 17.0. The molecule has 0 aliphatic carbocycles. The Labute approximate surface area is 162 Å². The number of nitrogens with zero attached hydrogens (tertiary/aromatic N) is 2. The molecule has 0 fully saturated rings. The summed E-state index contributed by atoms with van der Waals surface area (Å²) in [4.78, 5) is 4.67. The second kappa shape index (κ2) is 11.3. The molecule has 6 nitrogen and oxygen atoms in total. The number of hydrogen-bond donors (Lipinski definition) is 2. The maximum absolute atomic E-state index is 5.21. The Hall–Kier alpha value is -2.50. The van der Waals surface area contributed by atoms with Crippen LogP contribution in [-0.4, -0.2) is 37.9 Å². The molecule has 1 aromatic heterocycles. The summed E-state index contributed by atoms with van der Waals surface area (Å²) in [7, 11) is 1.69. The number of aliphatic imine (C=N–C) groups is 1. The van der Waals surface area contributed by atoms with Gasteiger partial charge in [-0.25, -0.2) is 0 Å². The second-order valence-corrected chi connectivity index (χ2v) is 6.55. The number of unbranched alkanes of at least 4 members (excludes halogenated alkanes) is 1. The summed E-state index contributed by atoms with van der Waals surface area (Å²) in [5.74, 6) is 2.67. The molecule has 6 heteroatoms. The van der Waals surface area contributed by atoms with E-state index in [-0.39, 0.29) is 0 Å². The van der Waals surface area contributed by atoms with Crippen LogP contribution in [-0.2, 0) is 12.8 Å². The molecule has 27 heavy (non-hydrogen) atoms. The average molecular weight is 373 g/mol. The van der Waals surface area contributed by atoms with Crippen molar-refractivity contribution in [2.24, 2.45) is 4.99 Å². The molecule has 0 aliphatic heterocycles. The highest BCUT2D eigenvalue weighted by atomic mass is 16.5. The summed E-state index contributed by atoms with van der Waals surface area (Å²) in [5.41, 5.74) is 3.48. The molecule has 0 saturated carbocycles. The first-order valence-electron chi connectivity index (χ1n) is 9.71. The molecule has 2 N–H and O–H groups in total. The van der Waals surface area contributed by atoms with Crippen LogP contribution < -0.4 is 15.4 Å². The van der Waals surface area contributed by atoms with Crippen LogP contribution in [0.3, 0.4) is 0 Å². The molecule has 0 aliphatic rings. The number of ether oxygens (including phenoxy) is 1. The molecule has 148 valence electrons. The Morgan fingerprint density at radius 1 is 1.11 bits per heavy atom. The number of benzene rings is 1. The lowest BCUT2D eigenvalue weighted by atomic mass is 10.1.